The van der Waals surface area contributed by atoms with Gasteiger partial charge in [-0.2, -0.15) is 9.97 Å². The van der Waals surface area contributed by atoms with Gasteiger partial charge in [-0.3, -0.25) is 23.5 Å². The fourth-order valence-electron chi connectivity index (χ4n) is 9.08. The van der Waals surface area contributed by atoms with Gasteiger partial charge in [0.25, 0.3) is 17.0 Å². The van der Waals surface area contributed by atoms with E-state index in [-0.39, 0.29) is 47.8 Å². The van der Waals surface area contributed by atoms with Gasteiger partial charge in [0.1, 0.15) is 34.6 Å². The molecule has 8 aromatic rings. The number of amides is 1. The number of rotatable bonds is 22. The first kappa shape index (κ1) is 58.8. The molecule has 4 aromatic heterocycles. The predicted octanol–water partition coefficient (Wildman–Crippen LogP) is 9.70. The summed E-state index contributed by atoms with van der Waals surface area (Å²) < 4.78 is 61.4. The summed E-state index contributed by atoms with van der Waals surface area (Å²) in [5.74, 6) is -4.78. The number of nitrogens with one attached hydrogen (secondary N) is 3. The van der Waals surface area contributed by atoms with Gasteiger partial charge in [-0.1, -0.05) is 52.0 Å². The molecule has 0 unspecified atom stereocenters. The van der Waals surface area contributed by atoms with E-state index in [0.29, 0.717) is 51.9 Å². The number of hydrogen-bond acceptors (Lipinski definition) is 12. The second-order valence-corrected chi connectivity index (χ2v) is 18.5. The Morgan fingerprint density at radius 3 is 1.40 bits per heavy atom. The molecular weight excluding hydrogens is 1030 g/mol. The van der Waals surface area contributed by atoms with Crippen molar-refractivity contribution in [2.75, 3.05) is 76.1 Å². The Hall–Kier alpha value is -8.87. The van der Waals surface area contributed by atoms with E-state index in [2.05, 4.69) is 73.2 Å². The zero-order chi connectivity index (χ0) is 57.6. The van der Waals surface area contributed by atoms with Crippen LogP contribution < -0.4 is 27.1 Å². The van der Waals surface area contributed by atoms with Gasteiger partial charge < -0.3 is 35.7 Å². The summed E-state index contributed by atoms with van der Waals surface area (Å²) in [4.78, 5) is 76.9. The first-order chi connectivity index (χ1) is 38.5. The number of aromatic carboxylic acids is 1. The maximum atomic E-state index is 15.0. The number of carbonyl (C=O) groups excluding carboxylic acids is 1. The highest BCUT2D eigenvalue weighted by Gasteiger charge is 2.24. The fraction of sp³-hybridized carbons (Fsp3) is 0.305. The maximum Gasteiger partial charge on any atom is 0.335 e. The predicted molar refractivity (Wildman–Crippen MR) is 303 cm³/mol. The number of carbonyl (C=O) groups is 2. The quantitative estimate of drug-likeness (QED) is 0.0285. The van der Waals surface area contributed by atoms with E-state index < -0.39 is 51.7 Å². The molecule has 0 spiro atoms. The number of pyridine rings is 2. The van der Waals surface area contributed by atoms with E-state index in [1.54, 1.807) is 31.2 Å². The van der Waals surface area contributed by atoms with Gasteiger partial charge in [0.05, 0.1) is 23.5 Å². The standard InChI is InChI=1S/C31H33F2N7O2.C28H29F2N5O3/c1-5-39(6-2)18-8-15-36-31-37-27(23-19-21(12-11-20(23)3)30(42)35-17-16-34-4)22-13-14-26(41)40(29(22)38-31)28-24(32)9-7-10-25(28)33;1-4-34(5-2)15-7-14-31-28-32-24(20-16-18(27(37)38)11-10-17(20)3)19-12-13-23(36)35(26(19)33-28)25-21(29)8-6-9-22(25)30/h7,9-14,19H,5-6,8,15-18H2,1-3H3,(H,35,42)(H,36,37,38);6,8-13,16H,4-5,7,14-15H2,1-3H3,(H,37,38)(H,31,32,33). The average molecular weight is 1100 g/mol. The Kier molecular flexibility index (Phi) is 19.9. The van der Waals surface area contributed by atoms with E-state index in [9.17, 15) is 41.8 Å². The lowest BCUT2D eigenvalue weighted by molar-refractivity contribution is 0.0696. The Morgan fingerprint density at radius 1 is 0.588 bits per heavy atom. The van der Waals surface area contributed by atoms with Gasteiger partial charge in [-0.05, 0) is 138 Å². The van der Waals surface area contributed by atoms with Crippen molar-refractivity contribution in [1.29, 1.82) is 0 Å². The van der Waals surface area contributed by atoms with Crippen molar-refractivity contribution < 1.29 is 32.3 Å². The highest BCUT2D eigenvalue weighted by atomic mass is 19.1. The van der Waals surface area contributed by atoms with Crippen LogP contribution in [0.15, 0.2) is 107 Å². The normalized spacial score (nSPS) is 11.2. The van der Waals surface area contributed by atoms with E-state index in [1.807, 2.05) is 6.92 Å². The third-order valence-corrected chi connectivity index (χ3v) is 13.5. The van der Waals surface area contributed by atoms with Crippen molar-refractivity contribution in [2.24, 2.45) is 0 Å². The van der Waals surface area contributed by atoms with Gasteiger partial charge in [-0.15, -0.1) is 0 Å². The molecule has 0 aliphatic carbocycles. The number of aromatic nitrogens is 6. The van der Waals surface area contributed by atoms with Gasteiger partial charge in [0, 0.05) is 52.7 Å². The number of anilines is 2. The molecule has 0 saturated carbocycles. The van der Waals surface area contributed by atoms with Crippen molar-refractivity contribution in [3.63, 3.8) is 0 Å². The summed E-state index contributed by atoms with van der Waals surface area (Å²) in [5.41, 5.74) is 1.37. The number of hydrogen-bond donors (Lipinski definition) is 4. The van der Waals surface area contributed by atoms with Crippen molar-refractivity contribution in [1.82, 2.24) is 44.2 Å². The molecule has 0 bridgehead atoms. The minimum Gasteiger partial charge on any atom is -0.478 e. The number of para-hydroxylation sites is 2. The monoisotopic (exact) mass is 1090 g/mol. The third kappa shape index (κ3) is 13.5. The van der Waals surface area contributed by atoms with Crippen LogP contribution in [0.4, 0.5) is 29.5 Å². The Labute approximate surface area is 459 Å². The number of aryl methyl sites for hydroxylation is 2. The summed E-state index contributed by atoms with van der Waals surface area (Å²) in [7, 11) is 0. The second-order valence-electron chi connectivity index (χ2n) is 18.5. The summed E-state index contributed by atoms with van der Waals surface area (Å²) in [6, 6.07) is 21.9. The summed E-state index contributed by atoms with van der Waals surface area (Å²) in [5, 5.41) is 19.4. The largest absolute Gasteiger partial charge is 0.478 e. The fourth-order valence-corrected chi connectivity index (χ4v) is 9.08. The molecule has 0 aliphatic rings. The third-order valence-electron chi connectivity index (χ3n) is 13.5. The molecule has 0 aliphatic heterocycles. The lowest BCUT2D eigenvalue weighted by atomic mass is 9.99. The second kappa shape index (κ2) is 27.1. The van der Waals surface area contributed by atoms with Crippen molar-refractivity contribution in [3.05, 3.63) is 175 Å². The van der Waals surface area contributed by atoms with Crippen LogP contribution in [0.5, 0.6) is 0 Å². The minimum absolute atomic E-state index is 0.00197. The average Bonchev–Trinajstić information content (AvgIpc) is 3.44. The van der Waals surface area contributed by atoms with Crippen LogP contribution in [0.2, 0.25) is 0 Å². The first-order valence-corrected chi connectivity index (χ1v) is 26.3. The number of carboxylic acids is 1. The molecule has 4 aromatic carbocycles. The van der Waals surface area contributed by atoms with E-state index in [4.69, 9.17) is 11.6 Å². The van der Waals surface area contributed by atoms with Gasteiger partial charge in [0.2, 0.25) is 18.4 Å². The zero-order valence-electron chi connectivity index (χ0n) is 45.3. The molecule has 4 heterocycles. The van der Waals surface area contributed by atoms with Crippen LogP contribution >= 0.6 is 0 Å². The summed E-state index contributed by atoms with van der Waals surface area (Å²) in [6.07, 6.45) is 1.58. The van der Waals surface area contributed by atoms with Crippen LogP contribution in [0.25, 0.3) is 60.8 Å². The van der Waals surface area contributed by atoms with Crippen LogP contribution in [-0.4, -0.2) is 121 Å². The van der Waals surface area contributed by atoms with Crippen LogP contribution in [0.3, 0.4) is 0 Å². The van der Waals surface area contributed by atoms with E-state index >= 15 is 0 Å². The summed E-state index contributed by atoms with van der Waals surface area (Å²) >= 11 is 0. The first-order valence-electron chi connectivity index (χ1n) is 26.3. The molecule has 0 fully saturated rings. The molecule has 80 heavy (non-hydrogen) atoms. The summed E-state index contributed by atoms with van der Waals surface area (Å²) in [6.45, 7) is 25.8. The van der Waals surface area contributed by atoms with E-state index in [0.717, 1.165) is 96.6 Å². The Balaban J connectivity index is 0.000000232. The van der Waals surface area contributed by atoms with Gasteiger partial charge >= 0.3 is 5.97 Å². The van der Waals surface area contributed by atoms with Crippen LogP contribution in [0, 0.1) is 43.7 Å². The molecule has 0 atom stereocenters. The molecule has 17 nitrogen and oxygen atoms in total. The molecule has 0 radical (unpaired) electrons. The zero-order valence-corrected chi connectivity index (χ0v) is 45.3. The Bertz CT molecular complexity index is 3690. The molecule has 4 N–H and O–H groups in total. The SMILES string of the molecule is CCN(CC)CCCNc1nc(-c2cc(C(=O)O)ccc2C)c2ccc(=O)n(-c3c(F)cccc3F)c2n1.[C-]#[N+]CCNC(=O)c1ccc(C)c(-c2nc(NCCCN(CC)CC)nc3c2ccc(=O)n3-c2c(F)cccc2F)c1. The maximum absolute atomic E-state index is 15.0. The molecule has 8 rings (SSSR count). The number of carboxylic acid groups (broad SMARTS) is 1. The van der Waals surface area contributed by atoms with Crippen molar-refractivity contribution >= 4 is 45.8 Å². The lowest BCUT2D eigenvalue weighted by Gasteiger charge is -2.18. The van der Waals surface area contributed by atoms with E-state index in [1.165, 1.54) is 48.5 Å². The highest BCUT2D eigenvalue weighted by molar-refractivity contribution is 5.99. The molecule has 1 amide bonds. The number of fused-ring (bicyclic) bond motifs is 2. The molecule has 416 valence electrons. The molecule has 0 saturated heterocycles. The molecular formula is C59H62F4N12O5. The van der Waals surface area contributed by atoms with Crippen molar-refractivity contribution in [2.45, 2.75) is 54.4 Å². The number of halogens is 4. The van der Waals surface area contributed by atoms with Crippen molar-refractivity contribution in [3.8, 4) is 33.9 Å². The number of benzene rings is 4. The highest BCUT2D eigenvalue weighted by Crippen LogP contribution is 2.34. The van der Waals surface area contributed by atoms with Crippen LogP contribution in [-0.2, 0) is 0 Å². The minimum atomic E-state index is -1.11. The van der Waals surface area contributed by atoms with Gasteiger partial charge in [0.15, 0.2) is 11.3 Å². The Morgan fingerprint density at radius 2 is 1.00 bits per heavy atom. The number of nitrogens with zero attached hydrogens (tertiary/aromatic N) is 9. The van der Waals surface area contributed by atoms with Gasteiger partial charge in [-0.25, -0.2) is 38.9 Å². The molecule has 21 heteroatoms. The lowest BCUT2D eigenvalue weighted by Crippen LogP contribution is -2.26. The smallest absolute Gasteiger partial charge is 0.335 e. The van der Waals surface area contributed by atoms with Crippen LogP contribution in [0.1, 0.15) is 72.4 Å². The topological polar surface area (TPSA) is 197 Å².